The largest absolute Gasteiger partial charge is 1.00 e. The second-order valence-corrected chi connectivity index (χ2v) is 2.59. The van der Waals surface area contributed by atoms with Gasteiger partial charge in [0.05, 0.1) is 0 Å². The summed E-state index contributed by atoms with van der Waals surface area (Å²) in [5, 5.41) is 0. The van der Waals surface area contributed by atoms with E-state index in [-0.39, 0.29) is 21.5 Å². The molecule has 14 heavy (non-hydrogen) atoms. The summed E-state index contributed by atoms with van der Waals surface area (Å²) < 4.78 is 39.0. The number of allylic oxidation sites excluding steroid dienone is 4. The average molecular weight is 388 g/mol. The van der Waals surface area contributed by atoms with Crippen molar-refractivity contribution in [1.29, 1.82) is 0 Å². The van der Waals surface area contributed by atoms with Crippen LogP contribution in [0.4, 0.5) is 17.3 Å². The third kappa shape index (κ3) is 22.7. The molecule has 85 valence electrons. The molecular formula is C8H13BF4Ir. The van der Waals surface area contributed by atoms with E-state index in [1.165, 1.54) is 25.7 Å². The molecule has 0 fully saturated rings. The van der Waals surface area contributed by atoms with Gasteiger partial charge in [0, 0.05) is 20.1 Å². The van der Waals surface area contributed by atoms with E-state index in [0.29, 0.717) is 0 Å². The van der Waals surface area contributed by atoms with Crippen molar-refractivity contribution >= 4 is 7.25 Å². The fraction of sp³-hybridized carbons (Fsp3) is 0.500. The van der Waals surface area contributed by atoms with Crippen LogP contribution in [-0.4, -0.2) is 7.25 Å². The predicted octanol–water partition coefficient (Wildman–Crippen LogP) is 4.08. The van der Waals surface area contributed by atoms with Gasteiger partial charge in [0.25, 0.3) is 0 Å². The zero-order chi connectivity index (χ0) is 10.2. The molecule has 0 N–H and O–H groups in total. The van der Waals surface area contributed by atoms with Crippen LogP contribution in [-0.2, 0) is 20.1 Å². The molecule has 0 amide bonds. The number of rotatable bonds is 0. The van der Waals surface area contributed by atoms with Crippen molar-refractivity contribution in [2.45, 2.75) is 25.7 Å². The van der Waals surface area contributed by atoms with E-state index < -0.39 is 7.25 Å². The fourth-order valence-electron chi connectivity index (χ4n) is 0.856. The van der Waals surface area contributed by atoms with Crippen LogP contribution in [0.15, 0.2) is 24.3 Å². The first-order chi connectivity index (χ1) is 6.00. The molecule has 0 heterocycles. The van der Waals surface area contributed by atoms with Crippen molar-refractivity contribution in [3.8, 4) is 0 Å². The molecule has 1 aliphatic rings. The van der Waals surface area contributed by atoms with Crippen molar-refractivity contribution in [1.82, 2.24) is 0 Å². The van der Waals surface area contributed by atoms with Gasteiger partial charge in [-0.05, 0) is 25.7 Å². The summed E-state index contributed by atoms with van der Waals surface area (Å²) in [5.41, 5.74) is 0. The molecule has 6 heteroatoms. The van der Waals surface area contributed by atoms with Crippen LogP contribution in [0.2, 0.25) is 0 Å². The summed E-state index contributed by atoms with van der Waals surface area (Å²) in [6.45, 7) is 0. The summed E-state index contributed by atoms with van der Waals surface area (Å²) in [7, 11) is -6.00. The minimum Gasteiger partial charge on any atom is -0.418 e. The first-order valence-electron chi connectivity index (χ1n) is 4.17. The molecule has 0 atom stereocenters. The third-order valence-electron chi connectivity index (χ3n) is 1.33. The average Bonchev–Trinajstić information content (AvgIpc) is 1.79. The van der Waals surface area contributed by atoms with Gasteiger partial charge in [-0.2, -0.15) is 0 Å². The first-order valence-corrected chi connectivity index (χ1v) is 4.17. The second kappa shape index (κ2) is 9.47. The minimum atomic E-state index is -6.00. The van der Waals surface area contributed by atoms with Crippen LogP contribution in [0.25, 0.3) is 0 Å². The van der Waals surface area contributed by atoms with Crippen molar-refractivity contribution in [3.05, 3.63) is 24.3 Å². The maximum Gasteiger partial charge on any atom is 1.00 e. The molecule has 0 spiro atoms. The molecule has 1 rings (SSSR count). The van der Waals surface area contributed by atoms with Gasteiger partial charge in [0.15, 0.2) is 0 Å². The van der Waals surface area contributed by atoms with Gasteiger partial charge >= 0.3 is 8.68 Å². The van der Waals surface area contributed by atoms with Gasteiger partial charge in [0.2, 0.25) is 0 Å². The van der Waals surface area contributed by atoms with Crippen LogP contribution in [0.5, 0.6) is 0 Å². The number of hydrogen-bond donors (Lipinski definition) is 0. The van der Waals surface area contributed by atoms with Crippen LogP contribution in [0.1, 0.15) is 27.1 Å². The Balaban J connectivity index is -0.000000185. The van der Waals surface area contributed by atoms with Crippen molar-refractivity contribution < 1.29 is 38.8 Å². The predicted molar refractivity (Wildman–Crippen MR) is 48.0 cm³/mol. The zero-order valence-electron chi connectivity index (χ0n) is 8.56. The summed E-state index contributed by atoms with van der Waals surface area (Å²) in [6, 6.07) is 0. The van der Waals surface area contributed by atoms with Gasteiger partial charge in [-0.3, -0.25) is 0 Å². The molecule has 0 aromatic rings. The third-order valence-corrected chi connectivity index (χ3v) is 1.33. The molecule has 0 nitrogen and oxygen atoms in total. The van der Waals surface area contributed by atoms with E-state index in [2.05, 4.69) is 24.3 Å². The number of halogens is 4. The summed E-state index contributed by atoms with van der Waals surface area (Å²) >= 11 is 0. The minimum absolute atomic E-state index is 0. The van der Waals surface area contributed by atoms with Gasteiger partial charge in [-0.15, -0.1) is 0 Å². The van der Waals surface area contributed by atoms with E-state index in [4.69, 9.17) is 0 Å². The monoisotopic (exact) mass is 389 g/mol. The van der Waals surface area contributed by atoms with Gasteiger partial charge in [-0.1, -0.05) is 24.3 Å². The van der Waals surface area contributed by atoms with E-state index in [0.717, 1.165) is 0 Å². The molecule has 1 aliphatic carbocycles. The molecule has 0 aromatic carbocycles. The Bertz CT molecular complexity index is 150. The Labute approximate surface area is 96.4 Å². The molecular weight excluding hydrogens is 375 g/mol. The molecule has 0 aliphatic heterocycles. The fourth-order valence-corrected chi connectivity index (χ4v) is 0.856. The van der Waals surface area contributed by atoms with E-state index in [1.54, 1.807) is 0 Å². The van der Waals surface area contributed by atoms with Crippen molar-refractivity contribution in [2.24, 2.45) is 0 Å². The summed E-state index contributed by atoms with van der Waals surface area (Å²) in [6.07, 6.45) is 14.0. The maximum atomic E-state index is 9.75. The molecule has 0 unspecified atom stereocenters. The first kappa shape index (κ1) is 16.3. The molecule has 1 radical (unpaired) electrons. The van der Waals surface area contributed by atoms with E-state index >= 15 is 0 Å². The Kier molecular flexibility index (Phi) is 11.1. The Morgan fingerprint density at radius 2 is 0.857 bits per heavy atom. The number of hydrogen-bond acceptors (Lipinski definition) is 0. The van der Waals surface area contributed by atoms with Crippen LogP contribution < -0.4 is 0 Å². The van der Waals surface area contributed by atoms with Crippen LogP contribution >= 0.6 is 0 Å². The van der Waals surface area contributed by atoms with Crippen molar-refractivity contribution in [2.75, 3.05) is 0 Å². The molecule has 0 bridgehead atoms. The van der Waals surface area contributed by atoms with E-state index in [1.807, 2.05) is 0 Å². The standard InChI is InChI=1S/C8H12.BF4.Ir/c1-2-4-6-8-7-5-3-1;2-1(3,4)5;/h1-2,7-8H,3-6H2;;/q;-1;/p+1. The topological polar surface area (TPSA) is 0 Å². The molecule has 0 aromatic heterocycles. The van der Waals surface area contributed by atoms with Gasteiger partial charge in [0.1, 0.15) is 0 Å². The second-order valence-electron chi connectivity index (χ2n) is 2.59. The summed E-state index contributed by atoms with van der Waals surface area (Å²) in [5.74, 6) is 0. The Morgan fingerprint density at radius 1 is 0.714 bits per heavy atom. The normalized spacial score (nSPS) is 15.7. The Hall–Kier alpha value is -0.0857. The summed E-state index contributed by atoms with van der Waals surface area (Å²) in [4.78, 5) is 0. The van der Waals surface area contributed by atoms with Crippen molar-refractivity contribution in [3.63, 3.8) is 0 Å². The van der Waals surface area contributed by atoms with Gasteiger partial charge < -0.3 is 17.3 Å². The van der Waals surface area contributed by atoms with E-state index in [9.17, 15) is 17.3 Å². The maximum absolute atomic E-state index is 9.75. The SMILES string of the molecule is C1=CCCC=CCC1.F[B-](F)(F)F.[H+].[Ir]. The van der Waals surface area contributed by atoms with Gasteiger partial charge in [-0.25, -0.2) is 0 Å². The zero-order valence-corrected chi connectivity index (χ0v) is 9.96. The van der Waals surface area contributed by atoms with Crippen LogP contribution in [0, 0.1) is 0 Å². The molecule has 0 saturated carbocycles. The smallest absolute Gasteiger partial charge is 0.418 e. The van der Waals surface area contributed by atoms with Crippen LogP contribution in [0.3, 0.4) is 0 Å². The Morgan fingerprint density at radius 3 is 1.00 bits per heavy atom. The quantitative estimate of drug-likeness (QED) is 0.333. The molecule has 0 saturated heterocycles.